The zero-order chi connectivity index (χ0) is 15.2. The van der Waals surface area contributed by atoms with E-state index in [1.165, 1.54) is 18.4 Å². The number of benzene rings is 1. The second kappa shape index (κ2) is 7.92. The topological polar surface area (TPSA) is 35.5 Å². The lowest BCUT2D eigenvalue weighted by Gasteiger charge is -2.36. The largest absolute Gasteiger partial charge is 0.391 e. The van der Waals surface area contributed by atoms with E-state index in [0.717, 1.165) is 19.5 Å². The Morgan fingerprint density at radius 3 is 2.33 bits per heavy atom. The molecule has 3 heteroatoms. The SMILES string of the molecule is CC(C)N1CCC(N[C@H](C)[C@H](O)Cc2ccccc2)CC1. The van der Waals surface area contributed by atoms with E-state index >= 15 is 0 Å². The number of hydrogen-bond acceptors (Lipinski definition) is 3. The summed E-state index contributed by atoms with van der Waals surface area (Å²) in [5.41, 5.74) is 1.20. The highest BCUT2D eigenvalue weighted by Crippen LogP contribution is 2.14. The van der Waals surface area contributed by atoms with Crippen molar-refractivity contribution in [2.75, 3.05) is 13.1 Å². The lowest BCUT2D eigenvalue weighted by Crippen LogP contribution is -2.50. The first kappa shape index (κ1) is 16.5. The van der Waals surface area contributed by atoms with E-state index in [-0.39, 0.29) is 12.1 Å². The van der Waals surface area contributed by atoms with Crippen molar-refractivity contribution < 1.29 is 5.11 Å². The monoisotopic (exact) mass is 290 g/mol. The molecule has 1 aliphatic rings. The third kappa shape index (κ3) is 5.10. The number of hydrogen-bond donors (Lipinski definition) is 2. The highest BCUT2D eigenvalue weighted by atomic mass is 16.3. The maximum Gasteiger partial charge on any atom is 0.0730 e. The Morgan fingerprint density at radius 1 is 1.14 bits per heavy atom. The summed E-state index contributed by atoms with van der Waals surface area (Å²) in [6.45, 7) is 8.95. The first-order chi connectivity index (χ1) is 10.1. The van der Waals surface area contributed by atoms with E-state index < -0.39 is 0 Å². The summed E-state index contributed by atoms with van der Waals surface area (Å²) < 4.78 is 0. The van der Waals surface area contributed by atoms with Gasteiger partial charge < -0.3 is 15.3 Å². The Bertz CT molecular complexity index is 399. The van der Waals surface area contributed by atoms with Gasteiger partial charge in [-0.2, -0.15) is 0 Å². The fourth-order valence-corrected chi connectivity index (χ4v) is 3.10. The molecule has 1 aromatic rings. The van der Waals surface area contributed by atoms with Crippen LogP contribution in [0.2, 0.25) is 0 Å². The quantitative estimate of drug-likeness (QED) is 0.845. The minimum Gasteiger partial charge on any atom is -0.391 e. The van der Waals surface area contributed by atoms with E-state index in [2.05, 4.69) is 43.1 Å². The normalized spacial score (nSPS) is 20.6. The van der Waals surface area contributed by atoms with Crippen molar-refractivity contribution in [3.63, 3.8) is 0 Å². The molecule has 0 bridgehead atoms. The van der Waals surface area contributed by atoms with Crippen LogP contribution in [0.5, 0.6) is 0 Å². The number of piperidine rings is 1. The van der Waals surface area contributed by atoms with Crippen LogP contribution in [0.1, 0.15) is 39.2 Å². The molecule has 21 heavy (non-hydrogen) atoms. The molecule has 1 heterocycles. The number of aliphatic hydroxyl groups is 1. The summed E-state index contributed by atoms with van der Waals surface area (Å²) in [6, 6.07) is 11.6. The number of likely N-dealkylation sites (tertiary alicyclic amines) is 1. The van der Waals surface area contributed by atoms with Crippen molar-refractivity contribution in [1.29, 1.82) is 0 Å². The molecule has 1 aromatic carbocycles. The first-order valence-corrected chi connectivity index (χ1v) is 8.28. The summed E-state index contributed by atoms with van der Waals surface area (Å²) in [4.78, 5) is 2.53. The molecule has 0 aromatic heterocycles. The van der Waals surface area contributed by atoms with E-state index in [1.54, 1.807) is 0 Å². The molecular weight excluding hydrogens is 260 g/mol. The molecule has 1 fully saturated rings. The Morgan fingerprint density at radius 2 is 1.76 bits per heavy atom. The number of nitrogens with one attached hydrogen (secondary N) is 1. The molecule has 1 saturated heterocycles. The lowest BCUT2D eigenvalue weighted by atomic mass is 9.99. The van der Waals surface area contributed by atoms with Gasteiger partial charge in [0.15, 0.2) is 0 Å². The van der Waals surface area contributed by atoms with Crippen molar-refractivity contribution >= 4 is 0 Å². The molecule has 0 unspecified atom stereocenters. The summed E-state index contributed by atoms with van der Waals surface area (Å²) in [5.74, 6) is 0. The van der Waals surface area contributed by atoms with Crippen LogP contribution in [0, 0.1) is 0 Å². The smallest absolute Gasteiger partial charge is 0.0730 e. The van der Waals surface area contributed by atoms with Gasteiger partial charge in [0.2, 0.25) is 0 Å². The van der Waals surface area contributed by atoms with Crippen molar-refractivity contribution in [3.8, 4) is 0 Å². The number of rotatable bonds is 6. The highest BCUT2D eigenvalue weighted by Gasteiger charge is 2.24. The second-order valence-corrected chi connectivity index (χ2v) is 6.62. The van der Waals surface area contributed by atoms with Crippen LogP contribution in [0.15, 0.2) is 30.3 Å². The predicted octanol–water partition coefficient (Wildman–Crippen LogP) is 2.44. The van der Waals surface area contributed by atoms with Gasteiger partial charge in [-0.15, -0.1) is 0 Å². The summed E-state index contributed by atoms with van der Waals surface area (Å²) >= 11 is 0. The van der Waals surface area contributed by atoms with Gasteiger partial charge in [-0.25, -0.2) is 0 Å². The molecule has 0 spiro atoms. The Labute approximate surface area is 129 Å². The average Bonchev–Trinajstić information content (AvgIpc) is 2.48. The molecule has 118 valence electrons. The molecular formula is C18H30N2O. The van der Waals surface area contributed by atoms with Crippen LogP contribution < -0.4 is 5.32 Å². The summed E-state index contributed by atoms with van der Waals surface area (Å²) in [7, 11) is 0. The van der Waals surface area contributed by atoms with Crippen LogP contribution in [-0.2, 0) is 6.42 Å². The van der Waals surface area contributed by atoms with Crippen LogP contribution >= 0.6 is 0 Å². The molecule has 2 rings (SSSR count). The van der Waals surface area contributed by atoms with Gasteiger partial charge in [-0.1, -0.05) is 30.3 Å². The van der Waals surface area contributed by atoms with Gasteiger partial charge in [-0.05, 0) is 58.7 Å². The second-order valence-electron chi connectivity index (χ2n) is 6.62. The first-order valence-electron chi connectivity index (χ1n) is 8.28. The zero-order valence-electron chi connectivity index (χ0n) is 13.6. The van der Waals surface area contributed by atoms with Crippen LogP contribution in [0.3, 0.4) is 0 Å². The predicted molar refractivity (Wildman–Crippen MR) is 88.5 cm³/mol. The number of nitrogens with zero attached hydrogens (tertiary/aromatic N) is 1. The Kier molecular flexibility index (Phi) is 6.22. The van der Waals surface area contributed by atoms with Gasteiger partial charge in [-0.3, -0.25) is 0 Å². The van der Waals surface area contributed by atoms with E-state index in [0.29, 0.717) is 12.1 Å². The molecule has 0 aliphatic carbocycles. The summed E-state index contributed by atoms with van der Waals surface area (Å²) in [5, 5.41) is 14.0. The van der Waals surface area contributed by atoms with Crippen LogP contribution in [-0.4, -0.2) is 47.3 Å². The molecule has 2 atom stereocenters. The van der Waals surface area contributed by atoms with Gasteiger partial charge >= 0.3 is 0 Å². The van der Waals surface area contributed by atoms with Crippen molar-refractivity contribution in [2.45, 2.75) is 64.3 Å². The zero-order valence-corrected chi connectivity index (χ0v) is 13.6. The lowest BCUT2D eigenvalue weighted by molar-refractivity contribution is 0.108. The summed E-state index contributed by atoms with van der Waals surface area (Å²) in [6.07, 6.45) is 2.76. The Hall–Kier alpha value is -0.900. The van der Waals surface area contributed by atoms with Crippen molar-refractivity contribution in [3.05, 3.63) is 35.9 Å². The fourth-order valence-electron chi connectivity index (χ4n) is 3.10. The molecule has 1 aliphatic heterocycles. The molecule has 3 nitrogen and oxygen atoms in total. The standard InChI is InChI=1S/C18H30N2O/c1-14(2)20-11-9-17(10-12-20)19-15(3)18(21)13-16-7-5-4-6-8-16/h4-8,14-15,17-19,21H,9-13H2,1-3H3/t15-,18-/m1/s1. The van der Waals surface area contributed by atoms with Crippen LogP contribution in [0.4, 0.5) is 0 Å². The van der Waals surface area contributed by atoms with Crippen molar-refractivity contribution in [2.24, 2.45) is 0 Å². The average molecular weight is 290 g/mol. The molecule has 0 amide bonds. The third-order valence-corrected chi connectivity index (χ3v) is 4.62. The van der Waals surface area contributed by atoms with Gasteiger partial charge in [0.25, 0.3) is 0 Å². The molecule has 0 saturated carbocycles. The molecule has 2 N–H and O–H groups in total. The maximum atomic E-state index is 10.4. The minimum absolute atomic E-state index is 0.140. The minimum atomic E-state index is -0.324. The van der Waals surface area contributed by atoms with E-state index in [1.807, 2.05) is 18.2 Å². The van der Waals surface area contributed by atoms with E-state index in [9.17, 15) is 5.11 Å². The maximum absolute atomic E-state index is 10.4. The van der Waals surface area contributed by atoms with Gasteiger partial charge in [0, 0.05) is 18.1 Å². The van der Waals surface area contributed by atoms with Crippen LogP contribution in [0.25, 0.3) is 0 Å². The van der Waals surface area contributed by atoms with Gasteiger partial charge in [0.1, 0.15) is 0 Å². The van der Waals surface area contributed by atoms with Gasteiger partial charge in [0.05, 0.1) is 6.10 Å². The fraction of sp³-hybridized carbons (Fsp3) is 0.667. The third-order valence-electron chi connectivity index (χ3n) is 4.62. The van der Waals surface area contributed by atoms with E-state index in [4.69, 9.17) is 0 Å². The highest BCUT2D eigenvalue weighted by molar-refractivity contribution is 5.15. The molecule has 0 radical (unpaired) electrons. The Balaban J connectivity index is 1.75. The number of aliphatic hydroxyl groups excluding tert-OH is 1. The van der Waals surface area contributed by atoms with Crippen molar-refractivity contribution in [1.82, 2.24) is 10.2 Å².